The van der Waals surface area contributed by atoms with E-state index in [0.29, 0.717) is 6.04 Å². The monoisotopic (exact) mass is 235 g/mol. The molecule has 0 amide bonds. The molecule has 1 unspecified atom stereocenters. The fourth-order valence-corrected chi connectivity index (χ4v) is 3.75. The van der Waals surface area contributed by atoms with Crippen molar-refractivity contribution in [3.63, 3.8) is 0 Å². The number of aromatic nitrogens is 1. The number of hydrogen-bond acceptors (Lipinski definition) is 4. The molecule has 4 heteroatoms. The van der Waals surface area contributed by atoms with Crippen molar-refractivity contribution in [2.24, 2.45) is 0 Å². The molecule has 0 bridgehead atoms. The average Bonchev–Trinajstić information content (AvgIpc) is 2.69. The summed E-state index contributed by atoms with van der Waals surface area (Å²) in [6, 6.07) is 0.591. The molecule has 1 aliphatic carbocycles. The highest BCUT2D eigenvalue weighted by Gasteiger charge is 2.32. The SMILES string of the molecule is CCN1CCC=C2c3nc(N)sc3CCC21. The number of rotatable bonds is 1. The van der Waals surface area contributed by atoms with Gasteiger partial charge in [-0.05, 0) is 31.4 Å². The Bertz CT molecular complexity index is 435. The Morgan fingerprint density at radius 2 is 2.50 bits per heavy atom. The van der Waals surface area contributed by atoms with E-state index in [1.165, 1.54) is 29.1 Å². The fraction of sp³-hybridized carbons (Fsp3) is 0.583. The third-order valence-electron chi connectivity index (χ3n) is 3.62. The van der Waals surface area contributed by atoms with Crippen LogP contribution >= 0.6 is 11.3 Å². The van der Waals surface area contributed by atoms with Gasteiger partial charge >= 0.3 is 0 Å². The summed E-state index contributed by atoms with van der Waals surface area (Å²) in [5.41, 5.74) is 8.44. The average molecular weight is 235 g/mol. The van der Waals surface area contributed by atoms with Crippen LogP contribution in [-0.2, 0) is 6.42 Å². The lowest BCUT2D eigenvalue weighted by atomic mass is 9.87. The van der Waals surface area contributed by atoms with Gasteiger partial charge < -0.3 is 5.73 Å². The number of nitrogens with zero attached hydrogens (tertiary/aromatic N) is 2. The predicted molar refractivity (Wildman–Crippen MR) is 68.5 cm³/mol. The summed E-state index contributed by atoms with van der Waals surface area (Å²) < 4.78 is 0. The number of likely N-dealkylation sites (N-methyl/N-ethyl adjacent to an activating group) is 1. The Morgan fingerprint density at radius 3 is 3.31 bits per heavy atom. The van der Waals surface area contributed by atoms with Crippen LogP contribution in [0.1, 0.15) is 30.3 Å². The molecule has 0 fully saturated rings. The van der Waals surface area contributed by atoms with Gasteiger partial charge in [0.15, 0.2) is 5.13 Å². The zero-order chi connectivity index (χ0) is 11.1. The first kappa shape index (κ1) is 10.3. The van der Waals surface area contributed by atoms with Gasteiger partial charge in [0.05, 0.1) is 5.69 Å². The summed E-state index contributed by atoms with van der Waals surface area (Å²) >= 11 is 1.66. The van der Waals surface area contributed by atoms with Crippen LogP contribution in [0, 0.1) is 0 Å². The van der Waals surface area contributed by atoms with Crippen molar-refractivity contribution < 1.29 is 0 Å². The van der Waals surface area contributed by atoms with E-state index in [0.717, 1.165) is 24.5 Å². The number of nitrogen functional groups attached to an aromatic ring is 1. The molecule has 2 aliphatic rings. The number of thiazole rings is 1. The third-order valence-corrected chi connectivity index (χ3v) is 4.56. The molecule has 0 spiro atoms. The molecule has 2 heterocycles. The van der Waals surface area contributed by atoms with E-state index in [1.54, 1.807) is 11.3 Å². The van der Waals surface area contributed by atoms with Gasteiger partial charge in [-0.2, -0.15) is 0 Å². The van der Waals surface area contributed by atoms with Crippen molar-refractivity contribution in [1.82, 2.24) is 9.88 Å². The number of aryl methyl sites for hydroxylation is 1. The molecule has 1 atom stereocenters. The van der Waals surface area contributed by atoms with E-state index < -0.39 is 0 Å². The van der Waals surface area contributed by atoms with Crippen LogP contribution in [0.2, 0.25) is 0 Å². The lowest BCUT2D eigenvalue weighted by Crippen LogP contribution is -2.41. The van der Waals surface area contributed by atoms with Crippen LogP contribution in [0.3, 0.4) is 0 Å². The Morgan fingerprint density at radius 1 is 1.62 bits per heavy atom. The molecule has 0 saturated carbocycles. The highest BCUT2D eigenvalue weighted by Crippen LogP contribution is 2.39. The van der Waals surface area contributed by atoms with Crippen LogP contribution in [0.4, 0.5) is 5.13 Å². The van der Waals surface area contributed by atoms with E-state index in [1.807, 2.05) is 0 Å². The Hall–Kier alpha value is -0.870. The zero-order valence-electron chi connectivity index (χ0n) is 9.57. The summed E-state index contributed by atoms with van der Waals surface area (Å²) in [7, 11) is 0. The van der Waals surface area contributed by atoms with Crippen LogP contribution in [0.5, 0.6) is 0 Å². The summed E-state index contributed by atoms with van der Waals surface area (Å²) in [5, 5.41) is 0.722. The van der Waals surface area contributed by atoms with Crippen molar-refractivity contribution in [3.8, 4) is 0 Å². The molecule has 3 nitrogen and oxygen atoms in total. The highest BCUT2D eigenvalue weighted by atomic mass is 32.1. The molecule has 0 saturated heterocycles. The van der Waals surface area contributed by atoms with Crippen LogP contribution in [0.15, 0.2) is 6.08 Å². The Kier molecular flexibility index (Phi) is 2.48. The molecule has 1 aromatic heterocycles. The van der Waals surface area contributed by atoms with Gasteiger partial charge in [0.2, 0.25) is 0 Å². The second-order valence-corrected chi connectivity index (χ2v) is 5.57. The largest absolute Gasteiger partial charge is 0.375 e. The van der Waals surface area contributed by atoms with Crippen molar-refractivity contribution in [2.75, 3.05) is 18.8 Å². The summed E-state index contributed by atoms with van der Waals surface area (Å²) in [4.78, 5) is 8.46. The molecule has 1 aliphatic heterocycles. The molecule has 2 N–H and O–H groups in total. The maximum Gasteiger partial charge on any atom is 0.180 e. The minimum Gasteiger partial charge on any atom is -0.375 e. The highest BCUT2D eigenvalue weighted by molar-refractivity contribution is 7.15. The number of hydrogen-bond donors (Lipinski definition) is 1. The van der Waals surface area contributed by atoms with Crippen molar-refractivity contribution in [3.05, 3.63) is 16.6 Å². The molecular weight excluding hydrogens is 218 g/mol. The smallest absolute Gasteiger partial charge is 0.180 e. The fourth-order valence-electron chi connectivity index (χ4n) is 2.88. The molecule has 3 rings (SSSR count). The lowest BCUT2D eigenvalue weighted by Gasteiger charge is -2.37. The molecule has 86 valence electrons. The third kappa shape index (κ3) is 1.48. The van der Waals surface area contributed by atoms with Gasteiger partial charge in [0, 0.05) is 17.5 Å². The molecule has 0 aromatic carbocycles. The quantitative estimate of drug-likeness (QED) is 0.811. The van der Waals surface area contributed by atoms with E-state index in [2.05, 4.69) is 22.9 Å². The minimum absolute atomic E-state index is 0.591. The van der Waals surface area contributed by atoms with E-state index >= 15 is 0 Å². The van der Waals surface area contributed by atoms with Crippen LogP contribution < -0.4 is 5.73 Å². The standard InChI is InChI=1S/C12H17N3S/c1-2-15-7-3-4-8-9(15)5-6-10-11(8)14-12(13)16-10/h4,9H,2-3,5-7H2,1H3,(H2,13,14). The van der Waals surface area contributed by atoms with Gasteiger partial charge in [0.25, 0.3) is 0 Å². The van der Waals surface area contributed by atoms with E-state index in [9.17, 15) is 0 Å². The molecule has 16 heavy (non-hydrogen) atoms. The van der Waals surface area contributed by atoms with Crippen molar-refractivity contribution >= 4 is 22.0 Å². The first-order valence-corrected chi connectivity index (χ1v) is 6.81. The van der Waals surface area contributed by atoms with Gasteiger partial charge in [-0.15, -0.1) is 11.3 Å². The van der Waals surface area contributed by atoms with Crippen molar-refractivity contribution in [2.45, 2.75) is 32.2 Å². The van der Waals surface area contributed by atoms with E-state index in [-0.39, 0.29) is 0 Å². The normalized spacial score (nSPS) is 24.8. The second kappa shape index (κ2) is 3.86. The van der Waals surface area contributed by atoms with E-state index in [4.69, 9.17) is 5.73 Å². The van der Waals surface area contributed by atoms with Gasteiger partial charge in [0.1, 0.15) is 0 Å². The summed E-state index contributed by atoms with van der Waals surface area (Å²) in [5.74, 6) is 0. The molecule has 1 aromatic rings. The van der Waals surface area contributed by atoms with Crippen LogP contribution in [0.25, 0.3) is 5.57 Å². The zero-order valence-corrected chi connectivity index (χ0v) is 10.4. The minimum atomic E-state index is 0.591. The molecular formula is C12H17N3S. The summed E-state index contributed by atoms with van der Waals surface area (Å²) in [6.07, 6.45) is 5.89. The van der Waals surface area contributed by atoms with Gasteiger partial charge in [-0.3, -0.25) is 4.90 Å². The predicted octanol–water partition coefficient (Wildman–Crippen LogP) is 2.15. The number of fused-ring (bicyclic) bond motifs is 3. The second-order valence-electron chi connectivity index (χ2n) is 4.46. The topological polar surface area (TPSA) is 42.2 Å². The van der Waals surface area contributed by atoms with Gasteiger partial charge in [-0.25, -0.2) is 4.98 Å². The summed E-state index contributed by atoms with van der Waals surface area (Å²) in [6.45, 7) is 4.57. The van der Waals surface area contributed by atoms with Crippen LogP contribution in [-0.4, -0.2) is 29.0 Å². The lowest BCUT2D eigenvalue weighted by molar-refractivity contribution is 0.230. The maximum absolute atomic E-state index is 5.81. The van der Waals surface area contributed by atoms with Crippen molar-refractivity contribution in [1.29, 1.82) is 0 Å². The number of nitrogens with two attached hydrogens (primary N) is 1. The first-order valence-electron chi connectivity index (χ1n) is 5.99. The van der Waals surface area contributed by atoms with Gasteiger partial charge in [-0.1, -0.05) is 13.0 Å². The first-order chi connectivity index (χ1) is 7.79. The molecule has 0 radical (unpaired) electrons. The Labute approximate surface area is 100.0 Å². The number of anilines is 1. The Balaban J connectivity index is 2.03. The maximum atomic E-state index is 5.81.